The fourth-order valence-electron chi connectivity index (χ4n) is 2.75. The van der Waals surface area contributed by atoms with E-state index in [1.165, 1.54) is 48.3 Å². The van der Waals surface area contributed by atoms with Crippen LogP contribution in [0.1, 0.15) is 16.1 Å². The Bertz CT molecular complexity index is 1190. The van der Waals surface area contributed by atoms with Gasteiger partial charge in [-0.05, 0) is 47.7 Å². The van der Waals surface area contributed by atoms with Crippen LogP contribution < -0.4 is 5.32 Å². The van der Waals surface area contributed by atoms with Crippen molar-refractivity contribution in [2.45, 2.75) is 6.92 Å². The van der Waals surface area contributed by atoms with Crippen LogP contribution in [-0.4, -0.2) is 31.3 Å². The van der Waals surface area contributed by atoms with E-state index in [-0.39, 0.29) is 33.3 Å². The fourth-order valence-corrected chi connectivity index (χ4v) is 3.00. The van der Waals surface area contributed by atoms with Gasteiger partial charge in [0.25, 0.3) is 5.91 Å². The molecule has 0 fully saturated rings. The number of anilines is 1. The number of aryl methyl sites for hydroxylation is 1. The van der Waals surface area contributed by atoms with E-state index in [9.17, 15) is 13.6 Å². The van der Waals surface area contributed by atoms with Crippen molar-refractivity contribution < 1.29 is 18.1 Å². The van der Waals surface area contributed by atoms with Gasteiger partial charge in [-0.1, -0.05) is 22.8 Å². The largest absolute Gasteiger partial charge is 0.360 e. The van der Waals surface area contributed by atoms with Crippen LogP contribution >= 0.6 is 11.6 Å². The Morgan fingerprint density at radius 2 is 2.03 bits per heavy atom. The highest BCUT2D eigenvalue weighted by molar-refractivity contribution is 6.33. The number of benzene rings is 2. The van der Waals surface area contributed by atoms with E-state index in [0.717, 1.165) is 6.07 Å². The molecule has 29 heavy (non-hydrogen) atoms. The molecular weight excluding hydrogens is 406 g/mol. The first kappa shape index (κ1) is 18.7. The van der Waals surface area contributed by atoms with Crippen molar-refractivity contribution in [1.29, 1.82) is 0 Å². The van der Waals surface area contributed by atoms with Crippen LogP contribution in [0.2, 0.25) is 5.02 Å². The van der Waals surface area contributed by atoms with Crippen LogP contribution in [-0.2, 0) is 0 Å². The van der Waals surface area contributed by atoms with Crippen molar-refractivity contribution >= 4 is 23.2 Å². The lowest BCUT2D eigenvalue weighted by molar-refractivity contribution is 0.102. The minimum Gasteiger partial charge on any atom is -0.360 e. The molecule has 0 saturated carbocycles. The monoisotopic (exact) mass is 416 g/mol. The van der Waals surface area contributed by atoms with E-state index >= 15 is 0 Å². The van der Waals surface area contributed by atoms with Gasteiger partial charge < -0.3 is 9.84 Å². The SMILES string of the molecule is Cc1onc(-c2c(F)cccc2Cl)c1C(=O)Nc1cc(-n2cnnn2)ccc1F. The molecule has 0 aliphatic rings. The van der Waals surface area contributed by atoms with Gasteiger partial charge in [0, 0.05) is 0 Å². The minimum absolute atomic E-state index is 0.0548. The summed E-state index contributed by atoms with van der Waals surface area (Å²) >= 11 is 6.08. The Balaban J connectivity index is 1.72. The first-order valence-corrected chi connectivity index (χ1v) is 8.58. The Kier molecular flexibility index (Phi) is 4.77. The average Bonchev–Trinajstić information content (AvgIpc) is 3.34. The summed E-state index contributed by atoms with van der Waals surface area (Å²) in [6.07, 6.45) is 1.32. The zero-order valence-electron chi connectivity index (χ0n) is 14.7. The van der Waals surface area contributed by atoms with Crippen molar-refractivity contribution in [3.05, 3.63) is 70.7 Å². The van der Waals surface area contributed by atoms with Gasteiger partial charge in [0.2, 0.25) is 0 Å². The van der Waals surface area contributed by atoms with Gasteiger partial charge in [0.05, 0.1) is 22.0 Å². The van der Waals surface area contributed by atoms with Crippen molar-refractivity contribution in [1.82, 2.24) is 25.4 Å². The molecule has 4 aromatic rings. The smallest absolute Gasteiger partial charge is 0.261 e. The second-order valence-electron chi connectivity index (χ2n) is 5.93. The highest BCUT2D eigenvalue weighted by atomic mass is 35.5. The lowest BCUT2D eigenvalue weighted by Crippen LogP contribution is -2.15. The van der Waals surface area contributed by atoms with Gasteiger partial charge in [-0.25, -0.2) is 13.5 Å². The average molecular weight is 417 g/mol. The summed E-state index contributed by atoms with van der Waals surface area (Å²) < 4.78 is 34.9. The van der Waals surface area contributed by atoms with Gasteiger partial charge in [0.15, 0.2) is 0 Å². The number of carbonyl (C=O) groups excluding carboxylic acids is 1. The van der Waals surface area contributed by atoms with Crippen LogP contribution in [0.15, 0.2) is 47.2 Å². The van der Waals surface area contributed by atoms with E-state index in [1.54, 1.807) is 0 Å². The Morgan fingerprint density at radius 1 is 1.21 bits per heavy atom. The number of aromatic nitrogens is 5. The molecular formula is C18H11ClF2N6O2. The normalized spacial score (nSPS) is 10.9. The lowest BCUT2D eigenvalue weighted by atomic mass is 10.0. The number of rotatable bonds is 4. The highest BCUT2D eigenvalue weighted by Gasteiger charge is 2.26. The fraction of sp³-hybridized carbons (Fsp3) is 0.0556. The summed E-state index contributed by atoms with van der Waals surface area (Å²) in [6.45, 7) is 1.48. The predicted molar refractivity (Wildman–Crippen MR) is 98.7 cm³/mol. The lowest BCUT2D eigenvalue weighted by Gasteiger charge is -2.09. The molecule has 1 amide bonds. The predicted octanol–water partition coefficient (Wildman–Crippen LogP) is 3.81. The molecule has 0 saturated heterocycles. The number of carbonyl (C=O) groups is 1. The molecule has 11 heteroatoms. The molecule has 1 N–H and O–H groups in total. The third-order valence-electron chi connectivity index (χ3n) is 4.10. The van der Waals surface area contributed by atoms with Crippen LogP contribution in [0, 0.1) is 18.6 Å². The number of halogens is 3. The van der Waals surface area contributed by atoms with Gasteiger partial charge in [0.1, 0.15) is 35.0 Å². The first-order valence-electron chi connectivity index (χ1n) is 8.20. The molecule has 0 aliphatic carbocycles. The topological polar surface area (TPSA) is 98.7 Å². The molecule has 0 radical (unpaired) electrons. The number of hydrogen-bond donors (Lipinski definition) is 1. The second-order valence-corrected chi connectivity index (χ2v) is 6.34. The molecule has 2 aromatic heterocycles. The maximum atomic E-state index is 14.3. The molecule has 8 nitrogen and oxygen atoms in total. The number of amides is 1. The second kappa shape index (κ2) is 7.40. The number of nitrogens with one attached hydrogen (secondary N) is 1. The van der Waals surface area contributed by atoms with Crippen molar-refractivity contribution in [2.75, 3.05) is 5.32 Å². The molecule has 0 bridgehead atoms. The van der Waals surface area contributed by atoms with E-state index in [0.29, 0.717) is 5.69 Å². The van der Waals surface area contributed by atoms with Crippen molar-refractivity contribution in [2.24, 2.45) is 0 Å². The minimum atomic E-state index is -0.745. The summed E-state index contributed by atoms with van der Waals surface area (Å²) in [5, 5.41) is 17.0. The number of nitrogens with zero attached hydrogens (tertiary/aromatic N) is 5. The molecule has 2 heterocycles. The maximum absolute atomic E-state index is 14.3. The van der Waals surface area contributed by atoms with E-state index in [4.69, 9.17) is 16.1 Å². The zero-order chi connectivity index (χ0) is 20.5. The summed E-state index contributed by atoms with van der Waals surface area (Å²) in [5.41, 5.74) is 0.0590. The molecule has 0 atom stereocenters. The van der Waals surface area contributed by atoms with Crippen LogP contribution in [0.4, 0.5) is 14.5 Å². The molecule has 0 unspecified atom stereocenters. The standard InChI is InChI=1S/C18H11ClF2N6O2/c1-9-15(17(24-29-9)16-11(19)3-2-4-13(16)21)18(28)23-14-7-10(5-6-12(14)20)27-8-22-25-26-27/h2-8H,1H3,(H,23,28). The van der Waals surface area contributed by atoms with Crippen LogP contribution in [0.25, 0.3) is 16.9 Å². The maximum Gasteiger partial charge on any atom is 0.261 e. The van der Waals surface area contributed by atoms with Gasteiger partial charge >= 0.3 is 0 Å². The third kappa shape index (κ3) is 3.45. The Labute approximate surface area is 167 Å². The van der Waals surface area contributed by atoms with Crippen molar-refractivity contribution in [3.8, 4) is 16.9 Å². The summed E-state index contributed by atoms with van der Waals surface area (Å²) in [5.74, 6) is -1.99. The van der Waals surface area contributed by atoms with Crippen LogP contribution in [0.3, 0.4) is 0 Å². The molecule has 146 valence electrons. The van der Waals surface area contributed by atoms with Gasteiger partial charge in [-0.15, -0.1) is 5.10 Å². The van der Waals surface area contributed by atoms with E-state index in [1.807, 2.05) is 0 Å². The number of tetrazole rings is 1. The first-order chi connectivity index (χ1) is 14.0. The van der Waals surface area contributed by atoms with E-state index in [2.05, 4.69) is 26.0 Å². The van der Waals surface area contributed by atoms with Gasteiger partial charge in [-0.2, -0.15) is 0 Å². The summed E-state index contributed by atoms with van der Waals surface area (Å²) in [4.78, 5) is 12.9. The van der Waals surface area contributed by atoms with Crippen LogP contribution in [0.5, 0.6) is 0 Å². The summed E-state index contributed by atoms with van der Waals surface area (Å²) in [7, 11) is 0. The Morgan fingerprint density at radius 3 is 2.76 bits per heavy atom. The van der Waals surface area contributed by atoms with E-state index < -0.39 is 17.5 Å². The molecule has 0 aliphatic heterocycles. The highest BCUT2D eigenvalue weighted by Crippen LogP contribution is 2.34. The quantitative estimate of drug-likeness (QED) is 0.543. The zero-order valence-corrected chi connectivity index (χ0v) is 15.5. The Hall–Kier alpha value is -3.66. The number of hydrogen-bond acceptors (Lipinski definition) is 6. The third-order valence-corrected chi connectivity index (χ3v) is 4.42. The van der Waals surface area contributed by atoms with Crippen molar-refractivity contribution in [3.63, 3.8) is 0 Å². The molecule has 4 rings (SSSR count). The summed E-state index contributed by atoms with van der Waals surface area (Å²) in [6, 6.07) is 8.01. The molecule has 0 spiro atoms. The molecule has 2 aromatic carbocycles. The van der Waals surface area contributed by atoms with Gasteiger partial charge in [-0.3, -0.25) is 4.79 Å².